The Bertz CT molecular complexity index is 447. The number of hydrogen-bond acceptors (Lipinski definition) is 3. The topological polar surface area (TPSA) is 58.6 Å². The van der Waals surface area contributed by atoms with Crippen LogP contribution < -0.4 is 5.32 Å². The fraction of sp³-hybridized carbons (Fsp3) is 0.500. The molecular weight excluding hydrogens is 230 g/mol. The molecule has 1 amide bonds. The van der Waals surface area contributed by atoms with Crippen LogP contribution in [0.5, 0.6) is 0 Å². The highest BCUT2D eigenvalue weighted by atomic mass is 16.5. The molecule has 1 aliphatic heterocycles. The monoisotopic (exact) mass is 249 g/mol. The van der Waals surface area contributed by atoms with E-state index >= 15 is 0 Å². The number of aliphatic hydroxyl groups excluding tert-OH is 1. The molecule has 2 N–H and O–H groups in total. The predicted molar refractivity (Wildman–Crippen MR) is 68.1 cm³/mol. The van der Waals surface area contributed by atoms with E-state index in [1.807, 2.05) is 12.1 Å². The van der Waals surface area contributed by atoms with E-state index in [2.05, 4.69) is 25.2 Å². The van der Waals surface area contributed by atoms with E-state index in [0.29, 0.717) is 19.8 Å². The number of hydrogen-bond donors (Lipinski definition) is 2. The maximum Gasteiger partial charge on any atom is 0.233 e. The first-order valence-corrected chi connectivity index (χ1v) is 6.10. The van der Waals surface area contributed by atoms with E-state index in [4.69, 9.17) is 4.74 Å². The molecule has 4 heteroatoms. The van der Waals surface area contributed by atoms with Gasteiger partial charge in [0.25, 0.3) is 0 Å². The van der Waals surface area contributed by atoms with Gasteiger partial charge in [-0.05, 0) is 30.5 Å². The Morgan fingerprint density at radius 1 is 1.39 bits per heavy atom. The van der Waals surface area contributed by atoms with E-state index in [1.165, 1.54) is 11.1 Å². The van der Waals surface area contributed by atoms with Crippen LogP contribution in [0.15, 0.2) is 18.2 Å². The summed E-state index contributed by atoms with van der Waals surface area (Å²) in [7, 11) is 0. The SMILES string of the molecule is Cc1ccc(CNC(=O)C2(CO)COC2)cc1C. The Morgan fingerprint density at radius 2 is 2.11 bits per heavy atom. The Labute approximate surface area is 107 Å². The third-order valence-electron chi connectivity index (χ3n) is 3.57. The zero-order chi connectivity index (χ0) is 13.2. The third-order valence-corrected chi connectivity index (χ3v) is 3.57. The van der Waals surface area contributed by atoms with Crippen LogP contribution in [0.25, 0.3) is 0 Å². The molecule has 18 heavy (non-hydrogen) atoms. The molecule has 1 aromatic carbocycles. The molecule has 1 heterocycles. The van der Waals surface area contributed by atoms with Crippen LogP contribution in [0.2, 0.25) is 0 Å². The molecule has 0 saturated carbocycles. The second-order valence-corrected chi connectivity index (χ2v) is 5.03. The van der Waals surface area contributed by atoms with Crippen LogP contribution in [0.3, 0.4) is 0 Å². The summed E-state index contributed by atoms with van der Waals surface area (Å²) in [5.74, 6) is -0.130. The second-order valence-electron chi connectivity index (χ2n) is 5.03. The lowest BCUT2D eigenvalue weighted by Crippen LogP contribution is -2.56. The minimum Gasteiger partial charge on any atom is -0.395 e. The molecule has 0 bridgehead atoms. The molecule has 0 unspecified atom stereocenters. The lowest BCUT2D eigenvalue weighted by atomic mass is 9.86. The van der Waals surface area contributed by atoms with Crippen LogP contribution in [-0.4, -0.2) is 30.8 Å². The van der Waals surface area contributed by atoms with E-state index in [9.17, 15) is 9.90 Å². The van der Waals surface area contributed by atoms with Crippen molar-refractivity contribution in [2.45, 2.75) is 20.4 Å². The Balaban J connectivity index is 1.95. The van der Waals surface area contributed by atoms with Gasteiger partial charge in [-0.1, -0.05) is 18.2 Å². The Kier molecular flexibility index (Phi) is 3.68. The number of carbonyl (C=O) groups is 1. The van der Waals surface area contributed by atoms with Crippen LogP contribution in [0.1, 0.15) is 16.7 Å². The van der Waals surface area contributed by atoms with Gasteiger partial charge in [-0.25, -0.2) is 0 Å². The molecular formula is C14H19NO3. The van der Waals surface area contributed by atoms with Gasteiger partial charge in [-0.3, -0.25) is 4.79 Å². The molecule has 1 aromatic rings. The molecule has 0 atom stereocenters. The third kappa shape index (κ3) is 2.40. The number of nitrogens with one attached hydrogen (secondary N) is 1. The predicted octanol–water partition coefficient (Wildman–Crippen LogP) is 0.929. The number of ether oxygens (including phenoxy) is 1. The number of amides is 1. The highest BCUT2D eigenvalue weighted by molar-refractivity contribution is 5.83. The smallest absolute Gasteiger partial charge is 0.233 e. The normalized spacial score (nSPS) is 17.1. The Hall–Kier alpha value is -1.39. The molecule has 0 radical (unpaired) electrons. The van der Waals surface area contributed by atoms with Crippen molar-refractivity contribution in [2.24, 2.45) is 5.41 Å². The molecule has 1 saturated heterocycles. The molecule has 98 valence electrons. The largest absolute Gasteiger partial charge is 0.395 e. The van der Waals surface area contributed by atoms with Crippen molar-refractivity contribution in [1.29, 1.82) is 0 Å². The zero-order valence-electron chi connectivity index (χ0n) is 10.8. The van der Waals surface area contributed by atoms with Crippen molar-refractivity contribution < 1.29 is 14.6 Å². The maximum absolute atomic E-state index is 12.0. The average Bonchev–Trinajstić information content (AvgIpc) is 2.30. The quantitative estimate of drug-likeness (QED) is 0.834. The number of carbonyl (C=O) groups excluding carboxylic acids is 1. The lowest BCUT2D eigenvalue weighted by Gasteiger charge is -2.38. The van der Waals surface area contributed by atoms with Crippen LogP contribution >= 0.6 is 0 Å². The van der Waals surface area contributed by atoms with Crippen molar-refractivity contribution in [3.05, 3.63) is 34.9 Å². The number of rotatable bonds is 4. The van der Waals surface area contributed by atoms with Gasteiger partial charge in [0.15, 0.2) is 0 Å². The maximum atomic E-state index is 12.0. The summed E-state index contributed by atoms with van der Waals surface area (Å²) in [4.78, 5) is 12.0. The van der Waals surface area contributed by atoms with Crippen molar-refractivity contribution in [1.82, 2.24) is 5.32 Å². The van der Waals surface area contributed by atoms with Crippen molar-refractivity contribution in [3.63, 3.8) is 0 Å². The number of benzene rings is 1. The minimum absolute atomic E-state index is 0.130. The van der Waals surface area contributed by atoms with Crippen LogP contribution in [0, 0.1) is 19.3 Å². The van der Waals surface area contributed by atoms with E-state index in [1.54, 1.807) is 0 Å². The highest BCUT2D eigenvalue weighted by Gasteiger charge is 2.45. The van der Waals surface area contributed by atoms with E-state index < -0.39 is 5.41 Å². The number of aliphatic hydroxyl groups is 1. The zero-order valence-corrected chi connectivity index (χ0v) is 10.8. The van der Waals surface area contributed by atoms with Crippen LogP contribution in [0.4, 0.5) is 0 Å². The molecule has 0 spiro atoms. The van der Waals surface area contributed by atoms with Crippen LogP contribution in [-0.2, 0) is 16.1 Å². The Morgan fingerprint density at radius 3 is 2.61 bits per heavy atom. The van der Waals surface area contributed by atoms with E-state index in [0.717, 1.165) is 5.56 Å². The van der Waals surface area contributed by atoms with Gasteiger partial charge in [-0.15, -0.1) is 0 Å². The molecule has 4 nitrogen and oxygen atoms in total. The lowest BCUT2D eigenvalue weighted by molar-refractivity contribution is -0.170. The van der Waals surface area contributed by atoms with Gasteiger partial charge in [0.1, 0.15) is 5.41 Å². The standard InChI is InChI=1S/C14H19NO3/c1-10-3-4-12(5-11(10)2)6-15-13(17)14(7-16)8-18-9-14/h3-5,16H,6-9H2,1-2H3,(H,15,17). The molecule has 1 fully saturated rings. The summed E-state index contributed by atoms with van der Waals surface area (Å²) in [5, 5.41) is 12.1. The molecule has 0 aliphatic carbocycles. The van der Waals surface area contributed by atoms with Crippen molar-refractivity contribution in [3.8, 4) is 0 Å². The molecule has 1 aliphatic rings. The van der Waals surface area contributed by atoms with Crippen molar-refractivity contribution in [2.75, 3.05) is 19.8 Å². The highest BCUT2D eigenvalue weighted by Crippen LogP contribution is 2.26. The average molecular weight is 249 g/mol. The van der Waals surface area contributed by atoms with Gasteiger partial charge in [-0.2, -0.15) is 0 Å². The second kappa shape index (κ2) is 5.08. The summed E-state index contributed by atoms with van der Waals surface area (Å²) in [6.45, 7) is 5.05. The summed E-state index contributed by atoms with van der Waals surface area (Å²) in [6, 6.07) is 6.12. The van der Waals surface area contributed by atoms with Crippen molar-refractivity contribution >= 4 is 5.91 Å². The van der Waals surface area contributed by atoms with E-state index in [-0.39, 0.29) is 12.5 Å². The van der Waals surface area contributed by atoms with Gasteiger partial charge in [0, 0.05) is 6.54 Å². The molecule has 0 aromatic heterocycles. The molecule has 2 rings (SSSR count). The first-order valence-electron chi connectivity index (χ1n) is 6.10. The van der Waals surface area contributed by atoms with Gasteiger partial charge < -0.3 is 15.2 Å². The first-order chi connectivity index (χ1) is 8.57. The first kappa shape index (κ1) is 13.1. The summed E-state index contributed by atoms with van der Waals surface area (Å²) >= 11 is 0. The fourth-order valence-corrected chi connectivity index (χ4v) is 1.93. The minimum atomic E-state index is -0.722. The summed E-state index contributed by atoms with van der Waals surface area (Å²) in [5.41, 5.74) is 2.80. The summed E-state index contributed by atoms with van der Waals surface area (Å²) in [6.07, 6.45) is 0. The summed E-state index contributed by atoms with van der Waals surface area (Å²) < 4.78 is 5.02. The van der Waals surface area contributed by atoms with Gasteiger partial charge in [0.2, 0.25) is 5.91 Å². The fourth-order valence-electron chi connectivity index (χ4n) is 1.93. The number of aryl methyl sites for hydroxylation is 2. The van der Waals surface area contributed by atoms with Gasteiger partial charge >= 0.3 is 0 Å². The van der Waals surface area contributed by atoms with Gasteiger partial charge in [0.05, 0.1) is 19.8 Å².